The first-order chi connectivity index (χ1) is 9.88. The summed E-state index contributed by atoms with van der Waals surface area (Å²) in [4.78, 5) is 22.8. The Morgan fingerprint density at radius 3 is 2.62 bits per heavy atom. The Morgan fingerprint density at radius 2 is 1.95 bits per heavy atom. The molecule has 2 aromatic rings. The fourth-order valence-electron chi connectivity index (χ4n) is 1.63. The summed E-state index contributed by atoms with van der Waals surface area (Å²) < 4.78 is 5.44. The number of carbonyl (C=O) groups is 2. The summed E-state index contributed by atoms with van der Waals surface area (Å²) in [5.74, 6) is -0.716. The van der Waals surface area contributed by atoms with Gasteiger partial charge in [-0.3, -0.25) is 9.59 Å². The normalized spacial score (nSPS) is 12.0. The summed E-state index contributed by atoms with van der Waals surface area (Å²) in [5.41, 5.74) is 5.65. The number of halogens is 2. The number of hydrogen-bond acceptors (Lipinski definition) is 3. The predicted molar refractivity (Wildman–Crippen MR) is 80.3 cm³/mol. The molecule has 1 heterocycles. The lowest BCUT2D eigenvalue weighted by Crippen LogP contribution is -2.42. The molecule has 7 heteroatoms. The summed E-state index contributed by atoms with van der Waals surface area (Å²) >= 11 is 12.0. The predicted octanol–water partition coefficient (Wildman–Crippen LogP) is 2.86. The van der Waals surface area contributed by atoms with E-state index in [1.165, 1.54) is 13.0 Å². The third-order valence-electron chi connectivity index (χ3n) is 2.80. The molecule has 0 bridgehead atoms. The smallest absolute Gasteiger partial charge is 0.287 e. The van der Waals surface area contributed by atoms with Crippen LogP contribution in [0.1, 0.15) is 17.5 Å². The van der Waals surface area contributed by atoms with Gasteiger partial charge in [0.15, 0.2) is 5.76 Å². The van der Waals surface area contributed by atoms with Crippen molar-refractivity contribution in [2.75, 3.05) is 0 Å². The molecule has 1 aromatic heterocycles. The average molecular weight is 327 g/mol. The highest BCUT2D eigenvalue weighted by atomic mass is 35.5. The van der Waals surface area contributed by atoms with E-state index in [1.54, 1.807) is 24.3 Å². The molecule has 0 fully saturated rings. The van der Waals surface area contributed by atoms with Crippen LogP contribution in [-0.4, -0.2) is 17.9 Å². The number of furan rings is 1. The van der Waals surface area contributed by atoms with Gasteiger partial charge < -0.3 is 15.5 Å². The molecule has 1 atom stereocenters. The van der Waals surface area contributed by atoms with Crippen molar-refractivity contribution in [3.05, 3.63) is 46.1 Å². The van der Waals surface area contributed by atoms with E-state index in [9.17, 15) is 9.59 Å². The third-order valence-corrected chi connectivity index (χ3v) is 3.36. The lowest BCUT2D eigenvalue weighted by molar-refractivity contribution is -0.119. The van der Waals surface area contributed by atoms with Crippen molar-refractivity contribution in [1.82, 2.24) is 5.32 Å². The van der Waals surface area contributed by atoms with Crippen LogP contribution in [0.2, 0.25) is 10.0 Å². The van der Waals surface area contributed by atoms with Gasteiger partial charge in [-0.05, 0) is 37.3 Å². The fourth-order valence-corrected chi connectivity index (χ4v) is 2.01. The molecule has 3 N–H and O–H groups in total. The molecular formula is C14H12Cl2N2O3. The molecule has 1 aromatic carbocycles. The van der Waals surface area contributed by atoms with Gasteiger partial charge in [0.25, 0.3) is 5.91 Å². The molecule has 0 saturated carbocycles. The Hall–Kier alpha value is -1.98. The van der Waals surface area contributed by atoms with Crippen molar-refractivity contribution in [1.29, 1.82) is 0 Å². The maximum atomic E-state index is 11.9. The zero-order chi connectivity index (χ0) is 15.6. The van der Waals surface area contributed by atoms with Gasteiger partial charge >= 0.3 is 0 Å². The highest BCUT2D eigenvalue weighted by Crippen LogP contribution is 2.31. The van der Waals surface area contributed by atoms with Crippen molar-refractivity contribution in [2.24, 2.45) is 5.73 Å². The van der Waals surface area contributed by atoms with Gasteiger partial charge in [-0.15, -0.1) is 0 Å². The van der Waals surface area contributed by atoms with Crippen LogP contribution in [0.5, 0.6) is 0 Å². The second-order valence-corrected chi connectivity index (χ2v) is 5.23. The molecule has 21 heavy (non-hydrogen) atoms. The van der Waals surface area contributed by atoms with E-state index in [-0.39, 0.29) is 5.76 Å². The minimum absolute atomic E-state index is 0.0501. The Kier molecular flexibility index (Phi) is 4.55. The van der Waals surface area contributed by atoms with Crippen LogP contribution in [0.25, 0.3) is 11.3 Å². The second-order valence-electron chi connectivity index (χ2n) is 4.39. The molecule has 110 valence electrons. The van der Waals surface area contributed by atoms with Crippen molar-refractivity contribution >= 4 is 35.0 Å². The number of rotatable bonds is 4. The topological polar surface area (TPSA) is 85.3 Å². The van der Waals surface area contributed by atoms with Crippen LogP contribution < -0.4 is 11.1 Å². The first kappa shape index (κ1) is 15.4. The summed E-state index contributed by atoms with van der Waals surface area (Å²) in [7, 11) is 0. The van der Waals surface area contributed by atoms with E-state index in [4.69, 9.17) is 33.4 Å². The standard InChI is InChI=1S/C14H12Cl2N2O3/c1-7(13(17)19)18-14(20)12-5-4-11(21-12)9-6-8(15)2-3-10(9)16/h2-7H,1H3,(H2,17,19)(H,18,20). The summed E-state index contributed by atoms with van der Waals surface area (Å²) in [5, 5.41) is 3.37. The SMILES string of the molecule is CC(NC(=O)c1ccc(-c2cc(Cl)ccc2Cl)o1)C(N)=O. The van der Waals surface area contributed by atoms with E-state index in [0.717, 1.165) is 0 Å². The first-order valence-electron chi connectivity index (χ1n) is 6.04. The molecule has 2 amide bonds. The number of carbonyl (C=O) groups excluding carboxylic acids is 2. The van der Waals surface area contributed by atoms with Crippen LogP contribution in [0.3, 0.4) is 0 Å². The largest absolute Gasteiger partial charge is 0.451 e. The van der Waals surface area contributed by atoms with Gasteiger partial charge in [0.2, 0.25) is 5.91 Å². The van der Waals surface area contributed by atoms with Gasteiger partial charge in [-0.2, -0.15) is 0 Å². The average Bonchev–Trinajstić information content (AvgIpc) is 2.91. The van der Waals surface area contributed by atoms with Gasteiger partial charge in [0.1, 0.15) is 11.8 Å². The van der Waals surface area contributed by atoms with Crippen LogP contribution in [0.15, 0.2) is 34.7 Å². The van der Waals surface area contributed by atoms with Crippen LogP contribution >= 0.6 is 23.2 Å². The second kappa shape index (κ2) is 6.20. The van der Waals surface area contributed by atoms with Crippen LogP contribution in [0.4, 0.5) is 0 Å². The number of nitrogens with one attached hydrogen (secondary N) is 1. The summed E-state index contributed by atoms with van der Waals surface area (Å²) in [6.45, 7) is 1.48. The zero-order valence-corrected chi connectivity index (χ0v) is 12.5. The van der Waals surface area contributed by atoms with E-state index < -0.39 is 17.9 Å². The fraction of sp³-hybridized carbons (Fsp3) is 0.143. The van der Waals surface area contributed by atoms with Crippen LogP contribution in [-0.2, 0) is 4.79 Å². The number of benzene rings is 1. The highest BCUT2D eigenvalue weighted by molar-refractivity contribution is 6.35. The lowest BCUT2D eigenvalue weighted by atomic mass is 10.2. The van der Waals surface area contributed by atoms with Gasteiger partial charge in [-0.25, -0.2) is 0 Å². The van der Waals surface area contributed by atoms with Crippen molar-refractivity contribution in [3.8, 4) is 11.3 Å². The quantitative estimate of drug-likeness (QED) is 0.905. The lowest BCUT2D eigenvalue weighted by Gasteiger charge is -2.08. The van der Waals surface area contributed by atoms with Crippen molar-refractivity contribution in [2.45, 2.75) is 13.0 Å². The van der Waals surface area contributed by atoms with Gasteiger partial charge in [0, 0.05) is 10.6 Å². The maximum Gasteiger partial charge on any atom is 0.287 e. The number of amides is 2. The molecule has 0 aliphatic rings. The molecule has 0 aliphatic heterocycles. The Bertz CT molecular complexity index is 697. The Labute approximate surface area is 131 Å². The summed E-state index contributed by atoms with van der Waals surface area (Å²) in [6, 6.07) is 7.21. The maximum absolute atomic E-state index is 11.9. The molecule has 0 spiro atoms. The molecular weight excluding hydrogens is 315 g/mol. The molecule has 0 aliphatic carbocycles. The number of nitrogens with two attached hydrogens (primary N) is 1. The monoisotopic (exact) mass is 326 g/mol. The van der Waals surface area contributed by atoms with Crippen molar-refractivity contribution < 1.29 is 14.0 Å². The molecule has 0 saturated heterocycles. The minimum atomic E-state index is -0.791. The zero-order valence-electron chi connectivity index (χ0n) is 11.0. The number of primary amides is 1. The van der Waals surface area contributed by atoms with Crippen molar-refractivity contribution in [3.63, 3.8) is 0 Å². The summed E-state index contributed by atoms with van der Waals surface area (Å²) in [6.07, 6.45) is 0. The Balaban J connectivity index is 2.24. The van der Waals surface area contributed by atoms with Crippen LogP contribution in [0, 0.1) is 0 Å². The number of hydrogen-bond donors (Lipinski definition) is 2. The molecule has 0 radical (unpaired) electrons. The van der Waals surface area contributed by atoms with Gasteiger partial charge in [0.05, 0.1) is 5.02 Å². The Morgan fingerprint density at radius 1 is 1.24 bits per heavy atom. The molecule has 5 nitrogen and oxygen atoms in total. The van der Waals surface area contributed by atoms with Gasteiger partial charge in [-0.1, -0.05) is 23.2 Å². The highest BCUT2D eigenvalue weighted by Gasteiger charge is 2.18. The third kappa shape index (κ3) is 3.56. The van der Waals surface area contributed by atoms with E-state index in [2.05, 4.69) is 5.32 Å². The minimum Gasteiger partial charge on any atom is -0.451 e. The first-order valence-corrected chi connectivity index (χ1v) is 6.79. The van der Waals surface area contributed by atoms with E-state index in [1.807, 2.05) is 0 Å². The van der Waals surface area contributed by atoms with E-state index in [0.29, 0.717) is 21.4 Å². The molecule has 1 unspecified atom stereocenters. The van der Waals surface area contributed by atoms with E-state index >= 15 is 0 Å². The molecule has 2 rings (SSSR count).